The Morgan fingerprint density at radius 3 is 2.75 bits per heavy atom. The number of nitrogens with zero attached hydrogens (tertiary/aromatic N) is 4. The van der Waals surface area contributed by atoms with Crippen LogP contribution in [0.5, 0.6) is 0 Å². The Morgan fingerprint density at radius 2 is 2.12 bits per heavy atom. The first-order valence-electron chi connectivity index (χ1n) is 5.39. The van der Waals surface area contributed by atoms with Crippen LogP contribution in [0.2, 0.25) is 0 Å². The largest absolute Gasteiger partial charge is 0.384 e. The van der Waals surface area contributed by atoms with E-state index in [0.717, 1.165) is 17.2 Å². The van der Waals surface area contributed by atoms with Gasteiger partial charge in [-0.25, -0.2) is 4.98 Å². The van der Waals surface area contributed by atoms with Crippen molar-refractivity contribution in [3.63, 3.8) is 0 Å². The minimum absolute atomic E-state index is 0.526. The number of nitrogens with two attached hydrogens (primary N) is 1. The number of hydrogen-bond acceptors (Lipinski definition) is 4. The molecule has 0 unspecified atom stereocenters. The van der Waals surface area contributed by atoms with Crippen molar-refractivity contribution in [2.45, 2.75) is 25.8 Å². The topological polar surface area (TPSA) is 69.6 Å². The van der Waals surface area contributed by atoms with Gasteiger partial charge >= 0.3 is 0 Å². The van der Waals surface area contributed by atoms with E-state index in [1.807, 2.05) is 13.0 Å². The molecule has 0 spiro atoms. The van der Waals surface area contributed by atoms with Gasteiger partial charge in [0.25, 0.3) is 0 Å². The van der Waals surface area contributed by atoms with Gasteiger partial charge in [-0.15, -0.1) is 10.2 Å². The molecule has 82 valence electrons. The van der Waals surface area contributed by atoms with Crippen LogP contribution in [-0.2, 0) is 0 Å². The molecule has 0 radical (unpaired) electrons. The van der Waals surface area contributed by atoms with Crippen molar-refractivity contribution in [1.82, 2.24) is 19.7 Å². The van der Waals surface area contributed by atoms with E-state index in [0.29, 0.717) is 11.9 Å². The number of rotatable bonds is 2. The fraction of sp³-hybridized carbons (Fsp3) is 0.364. The summed E-state index contributed by atoms with van der Waals surface area (Å²) in [5, 5.41) is 8.34. The Bertz CT molecular complexity index is 510. The predicted molar refractivity (Wildman–Crippen MR) is 60.7 cm³/mol. The molecule has 0 amide bonds. The number of nitrogen functional groups attached to an aromatic ring is 1. The minimum Gasteiger partial charge on any atom is -0.384 e. The maximum atomic E-state index is 5.57. The summed E-state index contributed by atoms with van der Waals surface area (Å²) in [4.78, 5) is 4.08. The highest BCUT2D eigenvalue weighted by Crippen LogP contribution is 2.38. The highest BCUT2D eigenvalue weighted by Gasteiger charge is 2.28. The summed E-state index contributed by atoms with van der Waals surface area (Å²) in [6.07, 6.45) is 4.18. The van der Waals surface area contributed by atoms with Crippen LogP contribution in [0.25, 0.3) is 11.4 Å². The Kier molecular flexibility index (Phi) is 1.92. The van der Waals surface area contributed by atoms with Crippen molar-refractivity contribution in [2.75, 3.05) is 5.73 Å². The van der Waals surface area contributed by atoms with Crippen LogP contribution in [0, 0.1) is 6.92 Å². The first-order valence-corrected chi connectivity index (χ1v) is 5.39. The summed E-state index contributed by atoms with van der Waals surface area (Å²) in [6, 6.07) is 4.30. The average molecular weight is 215 g/mol. The maximum Gasteiger partial charge on any atom is 0.165 e. The van der Waals surface area contributed by atoms with Crippen molar-refractivity contribution < 1.29 is 0 Å². The summed E-state index contributed by atoms with van der Waals surface area (Å²) < 4.78 is 2.19. The zero-order valence-corrected chi connectivity index (χ0v) is 9.09. The molecular weight excluding hydrogens is 202 g/mol. The molecular formula is C11H13N5. The van der Waals surface area contributed by atoms with Crippen LogP contribution < -0.4 is 5.73 Å². The number of aryl methyl sites for hydroxylation is 1. The molecule has 0 aliphatic heterocycles. The lowest BCUT2D eigenvalue weighted by Crippen LogP contribution is -2.00. The van der Waals surface area contributed by atoms with Crippen LogP contribution in [-0.4, -0.2) is 19.7 Å². The number of aromatic nitrogens is 4. The molecule has 0 atom stereocenters. The quantitative estimate of drug-likeness (QED) is 0.825. The minimum atomic E-state index is 0.526. The second-order valence-electron chi connectivity index (χ2n) is 4.14. The van der Waals surface area contributed by atoms with E-state index in [1.165, 1.54) is 12.8 Å². The maximum absolute atomic E-state index is 5.57. The summed E-state index contributed by atoms with van der Waals surface area (Å²) in [7, 11) is 0. The summed E-state index contributed by atoms with van der Waals surface area (Å²) in [6.45, 7) is 1.99. The molecule has 2 aromatic rings. The summed E-state index contributed by atoms with van der Waals surface area (Å²) in [5.74, 6) is 2.39. The van der Waals surface area contributed by atoms with Crippen LogP contribution in [0.3, 0.4) is 0 Å². The van der Waals surface area contributed by atoms with E-state index in [-0.39, 0.29) is 0 Å². The van der Waals surface area contributed by atoms with Gasteiger partial charge in [-0.2, -0.15) is 0 Å². The Morgan fingerprint density at radius 1 is 1.31 bits per heavy atom. The fourth-order valence-corrected chi connectivity index (χ4v) is 1.87. The Labute approximate surface area is 93.3 Å². The first-order chi connectivity index (χ1) is 7.75. The lowest BCUT2D eigenvalue weighted by Gasteiger charge is -2.06. The monoisotopic (exact) mass is 215 g/mol. The van der Waals surface area contributed by atoms with Gasteiger partial charge in [0.1, 0.15) is 11.6 Å². The molecule has 1 aliphatic carbocycles. The summed E-state index contributed by atoms with van der Waals surface area (Å²) in [5.41, 5.74) is 6.54. The molecule has 2 N–H and O–H groups in total. The molecule has 16 heavy (non-hydrogen) atoms. The SMILES string of the molecule is Cc1nnc(-c2ccc(N)nc2)n1C1CC1. The molecule has 0 aromatic carbocycles. The van der Waals surface area contributed by atoms with Crippen molar-refractivity contribution in [1.29, 1.82) is 0 Å². The first kappa shape index (κ1) is 9.33. The van der Waals surface area contributed by atoms with Crippen LogP contribution in [0.4, 0.5) is 5.82 Å². The van der Waals surface area contributed by atoms with Crippen molar-refractivity contribution >= 4 is 5.82 Å². The number of anilines is 1. The lowest BCUT2D eigenvalue weighted by atomic mass is 10.2. The third-order valence-corrected chi connectivity index (χ3v) is 2.82. The van der Waals surface area contributed by atoms with Gasteiger partial charge < -0.3 is 10.3 Å². The Hall–Kier alpha value is -1.91. The van der Waals surface area contributed by atoms with Gasteiger partial charge in [0, 0.05) is 17.8 Å². The third kappa shape index (κ3) is 1.44. The van der Waals surface area contributed by atoms with Crippen molar-refractivity contribution in [3.8, 4) is 11.4 Å². The number of pyridine rings is 1. The molecule has 1 aliphatic rings. The fourth-order valence-electron chi connectivity index (χ4n) is 1.87. The van der Waals surface area contributed by atoms with Gasteiger partial charge in [-0.3, -0.25) is 0 Å². The van der Waals surface area contributed by atoms with Crippen molar-refractivity contribution in [3.05, 3.63) is 24.2 Å². The Balaban J connectivity index is 2.08. The van der Waals surface area contributed by atoms with E-state index >= 15 is 0 Å². The smallest absolute Gasteiger partial charge is 0.165 e. The molecule has 1 fully saturated rings. The van der Waals surface area contributed by atoms with Gasteiger partial charge in [0.05, 0.1) is 0 Å². The van der Waals surface area contributed by atoms with Crippen LogP contribution >= 0.6 is 0 Å². The second-order valence-corrected chi connectivity index (χ2v) is 4.14. The normalized spacial score (nSPS) is 15.3. The molecule has 0 bridgehead atoms. The molecule has 3 rings (SSSR count). The van der Waals surface area contributed by atoms with Gasteiger partial charge in [0.15, 0.2) is 5.82 Å². The molecule has 5 heteroatoms. The summed E-state index contributed by atoms with van der Waals surface area (Å²) >= 11 is 0. The third-order valence-electron chi connectivity index (χ3n) is 2.82. The van der Waals surface area contributed by atoms with E-state index in [9.17, 15) is 0 Å². The highest BCUT2D eigenvalue weighted by atomic mass is 15.3. The molecule has 0 saturated heterocycles. The molecule has 1 saturated carbocycles. The molecule has 2 aromatic heterocycles. The zero-order valence-electron chi connectivity index (χ0n) is 9.09. The van der Waals surface area contributed by atoms with Gasteiger partial charge in [-0.1, -0.05) is 0 Å². The van der Waals surface area contributed by atoms with E-state index < -0.39 is 0 Å². The van der Waals surface area contributed by atoms with E-state index in [4.69, 9.17) is 5.73 Å². The lowest BCUT2D eigenvalue weighted by molar-refractivity contribution is 0.717. The highest BCUT2D eigenvalue weighted by molar-refractivity contribution is 5.56. The average Bonchev–Trinajstić information content (AvgIpc) is 3.04. The van der Waals surface area contributed by atoms with Crippen molar-refractivity contribution in [2.24, 2.45) is 0 Å². The zero-order chi connectivity index (χ0) is 11.1. The van der Waals surface area contributed by atoms with E-state index in [2.05, 4.69) is 19.7 Å². The van der Waals surface area contributed by atoms with E-state index in [1.54, 1.807) is 12.3 Å². The van der Waals surface area contributed by atoms with Gasteiger partial charge in [-0.05, 0) is 31.9 Å². The van der Waals surface area contributed by atoms with Crippen LogP contribution in [0.15, 0.2) is 18.3 Å². The van der Waals surface area contributed by atoms with Crippen LogP contribution in [0.1, 0.15) is 24.7 Å². The standard InChI is InChI=1S/C11H13N5/c1-7-14-15-11(16(7)9-3-4-9)8-2-5-10(12)13-6-8/h2,5-6,9H,3-4H2,1H3,(H2,12,13). The van der Waals surface area contributed by atoms with Gasteiger partial charge in [0.2, 0.25) is 0 Å². The molecule has 2 heterocycles. The molecule has 5 nitrogen and oxygen atoms in total. The number of hydrogen-bond donors (Lipinski definition) is 1. The predicted octanol–water partition coefficient (Wildman–Crippen LogP) is 1.57. The second kappa shape index (κ2) is 3.30.